The minimum Gasteiger partial charge on any atom is -0.383 e. The van der Waals surface area contributed by atoms with Crippen LogP contribution in [-0.2, 0) is 16.0 Å². The van der Waals surface area contributed by atoms with E-state index in [2.05, 4.69) is 32.8 Å². The number of hydrogen-bond donors (Lipinski definition) is 3. The highest BCUT2D eigenvalue weighted by Gasteiger charge is 2.28. The first-order valence-corrected chi connectivity index (χ1v) is 13.4. The Morgan fingerprint density at radius 3 is 2.80 bits per heavy atom. The van der Waals surface area contributed by atoms with E-state index in [4.69, 9.17) is 15.7 Å². The van der Waals surface area contributed by atoms with Crippen LogP contribution < -0.4 is 16.4 Å². The summed E-state index contributed by atoms with van der Waals surface area (Å²) in [6.45, 7) is 0. The average molecular weight is 534 g/mol. The predicted octanol–water partition coefficient (Wildman–Crippen LogP) is 3.02. The smallest absolute Gasteiger partial charge is 0.222 e. The molecule has 5 aromatic rings. The van der Waals surface area contributed by atoms with E-state index in [9.17, 15) is 9.59 Å². The molecule has 11 nitrogen and oxygen atoms in total. The maximum absolute atomic E-state index is 12.7. The summed E-state index contributed by atoms with van der Waals surface area (Å²) in [5.74, 6) is 1.68. The number of anilines is 1. The summed E-state index contributed by atoms with van der Waals surface area (Å²) in [4.78, 5) is 38.3. The number of aromatic nitrogens is 6. The van der Waals surface area contributed by atoms with Gasteiger partial charge in [-0.25, -0.2) is 19.6 Å². The maximum atomic E-state index is 12.7. The number of carbonyl (C=O) groups excluding carboxylic acids is 2. The Kier molecular flexibility index (Phi) is 5.76. The van der Waals surface area contributed by atoms with Gasteiger partial charge in [-0.1, -0.05) is 6.07 Å². The van der Waals surface area contributed by atoms with Crippen molar-refractivity contribution < 1.29 is 9.59 Å². The fourth-order valence-corrected chi connectivity index (χ4v) is 5.71. The molecule has 2 amide bonds. The van der Waals surface area contributed by atoms with Gasteiger partial charge in [0.05, 0.1) is 11.6 Å². The Balaban J connectivity index is 1.26. The van der Waals surface area contributed by atoms with E-state index in [1.807, 2.05) is 47.2 Å². The van der Waals surface area contributed by atoms with Crippen LogP contribution in [0.3, 0.4) is 0 Å². The molecule has 200 valence electrons. The van der Waals surface area contributed by atoms with Crippen molar-refractivity contribution in [3.63, 3.8) is 0 Å². The Hall–Kier alpha value is -5.06. The lowest BCUT2D eigenvalue weighted by molar-refractivity contribution is -0.122. The van der Waals surface area contributed by atoms with Crippen LogP contribution in [0.1, 0.15) is 42.9 Å². The Bertz CT molecular complexity index is 1760. The molecule has 1 aliphatic carbocycles. The summed E-state index contributed by atoms with van der Waals surface area (Å²) >= 11 is 0. The molecule has 0 spiro atoms. The fourth-order valence-electron chi connectivity index (χ4n) is 5.71. The van der Waals surface area contributed by atoms with Gasteiger partial charge < -0.3 is 16.4 Å². The lowest BCUT2D eigenvalue weighted by atomic mass is 10.1. The number of rotatable bonds is 6. The molecule has 1 saturated heterocycles. The molecule has 0 bridgehead atoms. The van der Waals surface area contributed by atoms with E-state index in [0.29, 0.717) is 47.9 Å². The van der Waals surface area contributed by atoms with E-state index in [0.717, 1.165) is 35.2 Å². The molecule has 4 N–H and O–H groups in total. The van der Waals surface area contributed by atoms with Crippen LogP contribution in [0.15, 0.2) is 67.1 Å². The Labute approximate surface area is 229 Å². The van der Waals surface area contributed by atoms with Crippen molar-refractivity contribution in [2.24, 2.45) is 0 Å². The molecule has 0 saturated carbocycles. The number of carbonyl (C=O) groups is 2. The van der Waals surface area contributed by atoms with Gasteiger partial charge in [0.2, 0.25) is 11.8 Å². The third-order valence-electron chi connectivity index (χ3n) is 7.62. The van der Waals surface area contributed by atoms with Gasteiger partial charge in [0, 0.05) is 43.2 Å². The minimum absolute atomic E-state index is 0.0159. The topological polar surface area (TPSA) is 146 Å². The molecular formula is C29H27N9O2. The molecule has 1 fully saturated rings. The maximum Gasteiger partial charge on any atom is 0.222 e. The number of imidazole rings is 1. The van der Waals surface area contributed by atoms with Crippen LogP contribution in [0, 0.1) is 0 Å². The first-order chi connectivity index (χ1) is 19.5. The molecule has 2 atom stereocenters. The first-order valence-electron chi connectivity index (χ1n) is 13.4. The molecule has 11 heteroatoms. The quantitative estimate of drug-likeness (QED) is 0.304. The number of nitrogens with zero attached hydrogens (tertiary/aromatic N) is 6. The largest absolute Gasteiger partial charge is 0.383 e. The summed E-state index contributed by atoms with van der Waals surface area (Å²) in [6, 6.07) is 15.5. The summed E-state index contributed by atoms with van der Waals surface area (Å²) in [5, 5.41) is 10.4. The second-order valence-electron chi connectivity index (χ2n) is 10.2. The van der Waals surface area contributed by atoms with Gasteiger partial charge in [-0.3, -0.25) is 14.2 Å². The van der Waals surface area contributed by atoms with Crippen molar-refractivity contribution >= 4 is 28.8 Å². The number of fused-ring (bicyclic) bond motifs is 2. The molecule has 7 rings (SSSR count). The van der Waals surface area contributed by atoms with Gasteiger partial charge in [-0.15, -0.1) is 0 Å². The second kappa shape index (κ2) is 9.60. The first kappa shape index (κ1) is 24.0. The summed E-state index contributed by atoms with van der Waals surface area (Å²) < 4.78 is 3.71. The van der Waals surface area contributed by atoms with E-state index >= 15 is 0 Å². The number of nitrogens with two attached hydrogens (primary N) is 1. The van der Waals surface area contributed by atoms with Crippen LogP contribution in [-0.4, -0.2) is 47.2 Å². The number of benzene rings is 1. The van der Waals surface area contributed by atoms with Gasteiger partial charge in [0.25, 0.3) is 0 Å². The number of nitrogen functional groups attached to an aromatic ring is 1. The normalized spacial score (nSPS) is 18.1. The highest BCUT2D eigenvalue weighted by atomic mass is 16.2. The van der Waals surface area contributed by atoms with E-state index in [-0.39, 0.29) is 23.9 Å². The third-order valence-corrected chi connectivity index (χ3v) is 7.62. The van der Waals surface area contributed by atoms with Crippen LogP contribution in [0.5, 0.6) is 0 Å². The van der Waals surface area contributed by atoms with Gasteiger partial charge in [0.1, 0.15) is 11.3 Å². The van der Waals surface area contributed by atoms with Crippen molar-refractivity contribution in [1.82, 2.24) is 39.9 Å². The van der Waals surface area contributed by atoms with Gasteiger partial charge in [-0.2, -0.15) is 5.10 Å². The Morgan fingerprint density at radius 1 is 1.07 bits per heavy atom. The van der Waals surface area contributed by atoms with Crippen LogP contribution in [0.25, 0.3) is 34.1 Å². The molecule has 0 radical (unpaired) electrons. The van der Waals surface area contributed by atoms with Gasteiger partial charge >= 0.3 is 0 Å². The van der Waals surface area contributed by atoms with Crippen molar-refractivity contribution in [2.45, 2.75) is 44.2 Å². The highest BCUT2D eigenvalue weighted by Crippen LogP contribution is 2.36. The lowest BCUT2D eigenvalue weighted by Crippen LogP contribution is -2.34. The number of aryl methyl sites for hydroxylation is 1. The fraction of sp³-hybridized carbons (Fsp3) is 0.241. The zero-order valence-electron chi connectivity index (χ0n) is 21.6. The van der Waals surface area contributed by atoms with Crippen molar-refractivity contribution in [3.8, 4) is 22.9 Å². The minimum atomic E-state index is -0.0808. The van der Waals surface area contributed by atoms with E-state index in [1.165, 1.54) is 0 Å². The molecule has 40 heavy (non-hydrogen) atoms. The average Bonchev–Trinajstić information content (AvgIpc) is 3.75. The zero-order chi connectivity index (χ0) is 27.2. The molecule has 1 aromatic carbocycles. The lowest BCUT2D eigenvalue weighted by Gasteiger charge is -2.17. The zero-order valence-corrected chi connectivity index (χ0v) is 21.6. The Morgan fingerprint density at radius 2 is 2.00 bits per heavy atom. The molecule has 5 heterocycles. The molecule has 4 aromatic heterocycles. The van der Waals surface area contributed by atoms with Crippen LogP contribution in [0.2, 0.25) is 0 Å². The van der Waals surface area contributed by atoms with E-state index in [1.54, 1.807) is 17.1 Å². The molecule has 1 unspecified atom stereocenters. The molecule has 1 aliphatic heterocycles. The summed E-state index contributed by atoms with van der Waals surface area (Å²) in [6.07, 6.45) is 8.36. The van der Waals surface area contributed by atoms with E-state index < -0.39 is 0 Å². The molecular weight excluding hydrogens is 506 g/mol. The number of nitrogens with one attached hydrogen (secondary N) is 2. The predicted molar refractivity (Wildman–Crippen MR) is 149 cm³/mol. The summed E-state index contributed by atoms with van der Waals surface area (Å²) in [5.41, 5.74) is 11.6. The SMILES string of the molecule is Nc1ncccc1-c1nc2ccc(-n3cccn3)nc2n1-c1ccc2c(c1)CC[C@@H]2NC(=O)CC1CCC(=O)N1. The monoisotopic (exact) mass is 533 g/mol. The van der Waals surface area contributed by atoms with Crippen molar-refractivity contribution in [3.05, 3.63) is 78.2 Å². The van der Waals surface area contributed by atoms with Crippen molar-refractivity contribution in [2.75, 3.05) is 5.73 Å². The van der Waals surface area contributed by atoms with Crippen molar-refractivity contribution in [1.29, 1.82) is 0 Å². The standard InChI is InChI=1S/C29H27N9O2/c30-27-21(3-1-12-31-27)28-35-23-9-10-24(37-14-2-13-32-37)36-29(23)38(28)19-6-7-20-17(15-19)4-8-22(20)34-26(40)16-18-5-11-25(39)33-18/h1-3,6-7,9-10,12-15,18,22H,4-5,8,11,16H2,(H2,30,31)(H,33,39)(H,34,40)/t18?,22-/m0/s1. The van der Waals surface area contributed by atoms with Crippen LogP contribution >= 0.6 is 0 Å². The number of hydrogen-bond acceptors (Lipinski definition) is 7. The van der Waals surface area contributed by atoms with Gasteiger partial charge in [0.15, 0.2) is 17.3 Å². The van der Waals surface area contributed by atoms with Crippen LogP contribution in [0.4, 0.5) is 5.82 Å². The number of pyridine rings is 2. The third kappa shape index (κ3) is 4.25. The highest BCUT2D eigenvalue weighted by molar-refractivity contribution is 5.84. The molecule has 2 aliphatic rings. The second-order valence-corrected chi connectivity index (χ2v) is 10.2. The van der Waals surface area contributed by atoms with Gasteiger partial charge in [-0.05, 0) is 72.9 Å². The number of amides is 2. The summed E-state index contributed by atoms with van der Waals surface area (Å²) in [7, 11) is 0.